The molecule has 4 rings (SSSR count). The van der Waals surface area contributed by atoms with Crippen LogP contribution < -0.4 is 5.32 Å². The van der Waals surface area contributed by atoms with Crippen molar-refractivity contribution >= 4 is 44.5 Å². The lowest BCUT2D eigenvalue weighted by atomic mass is 10.0. The number of aromatic nitrogens is 1. The second-order valence-corrected chi connectivity index (χ2v) is 12.5. The summed E-state index contributed by atoms with van der Waals surface area (Å²) in [7, 11) is -2.76. The van der Waals surface area contributed by atoms with Crippen LogP contribution in [0.3, 0.4) is 0 Å². The van der Waals surface area contributed by atoms with Gasteiger partial charge in [0.1, 0.15) is 23.9 Å². The number of nitrogens with one attached hydrogen (secondary N) is 2. The van der Waals surface area contributed by atoms with Crippen molar-refractivity contribution in [2.75, 3.05) is 19.5 Å². The van der Waals surface area contributed by atoms with Gasteiger partial charge in [0.25, 0.3) is 11.8 Å². The Labute approximate surface area is 225 Å². The zero-order chi connectivity index (χ0) is 28.7. The van der Waals surface area contributed by atoms with E-state index >= 15 is 0 Å². The van der Waals surface area contributed by atoms with Crippen molar-refractivity contribution in [3.8, 4) is 0 Å². The van der Waals surface area contributed by atoms with Crippen LogP contribution in [0.2, 0.25) is 0 Å². The highest BCUT2D eigenvalue weighted by atomic mass is 32.2. The molecule has 0 unspecified atom stereocenters. The highest BCUT2D eigenvalue weighted by Gasteiger charge is 2.60. The molecular formula is C26H31N3O9S. The fourth-order valence-corrected chi connectivity index (χ4v) is 6.70. The number of hydrogen-bond acceptors (Lipinski definition) is 9. The average molecular weight is 562 g/mol. The van der Waals surface area contributed by atoms with Gasteiger partial charge in [-0.2, -0.15) is 0 Å². The third-order valence-electron chi connectivity index (χ3n) is 6.33. The molecule has 2 aliphatic rings. The summed E-state index contributed by atoms with van der Waals surface area (Å²) < 4.78 is 41.5. The van der Waals surface area contributed by atoms with E-state index < -0.39 is 69.1 Å². The molecule has 0 saturated carbocycles. The number of methoxy groups -OCH3 is 1. The summed E-state index contributed by atoms with van der Waals surface area (Å²) in [4.78, 5) is 55.2. The summed E-state index contributed by atoms with van der Waals surface area (Å²) >= 11 is 0. The number of benzene rings is 1. The van der Waals surface area contributed by atoms with Crippen molar-refractivity contribution in [1.29, 1.82) is 0 Å². The van der Waals surface area contributed by atoms with Crippen LogP contribution >= 0.6 is 0 Å². The molecule has 3 atom stereocenters. The SMILES string of the molecule is CO[C@H]1C(=O)N2C(C(=O)N[C@@H](Cc3c[nH]c4ccccc34)C(=O)OC(C)(C)C)=C(COC(C)=O)CS(=O)(=O)[C@H]12. The average Bonchev–Trinajstić information content (AvgIpc) is 3.24. The number of fused-ring (bicyclic) bond motifs is 2. The van der Waals surface area contributed by atoms with Gasteiger partial charge in [-0.05, 0) is 32.4 Å². The van der Waals surface area contributed by atoms with Crippen LogP contribution in [0.15, 0.2) is 41.7 Å². The summed E-state index contributed by atoms with van der Waals surface area (Å²) in [5.74, 6) is -3.65. The lowest BCUT2D eigenvalue weighted by Gasteiger charge is -2.48. The number of sulfone groups is 1. The van der Waals surface area contributed by atoms with Crippen molar-refractivity contribution in [2.24, 2.45) is 0 Å². The lowest BCUT2D eigenvalue weighted by molar-refractivity contribution is -0.161. The minimum Gasteiger partial charge on any atom is -0.461 e. The van der Waals surface area contributed by atoms with Crippen molar-refractivity contribution < 1.29 is 41.8 Å². The second kappa shape index (κ2) is 10.5. The van der Waals surface area contributed by atoms with Crippen LogP contribution in [0.5, 0.6) is 0 Å². The molecule has 1 saturated heterocycles. The first-order valence-corrected chi connectivity index (χ1v) is 14.0. The normalized spacial score (nSPS) is 21.2. The van der Waals surface area contributed by atoms with Crippen LogP contribution in [-0.2, 0) is 49.6 Å². The van der Waals surface area contributed by atoms with E-state index in [2.05, 4.69) is 10.3 Å². The smallest absolute Gasteiger partial charge is 0.329 e. The van der Waals surface area contributed by atoms with Crippen LogP contribution in [0.25, 0.3) is 10.9 Å². The molecule has 210 valence electrons. The van der Waals surface area contributed by atoms with E-state index in [9.17, 15) is 27.6 Å². The van der Waals surface area contributed by atoms with Crippen molar-refractivity contribution in [3.05, 3.63) is 47.3 Å². The van der Waals surface area contributed by atoms with Gasteiger partial charge in [0.15, 0.2) is 21.3 Å². The molecule has 0 aliphatic carbocycles. The molecule has 3 heterocycles. The summed E-state index contributed by atoms with van der Waals surface area (Å²) in [6.07, 6.45) is 0.499. The summed E-state index contributed by atoms with van der Waals surface area (Å²) in [5, 5.41) is 2.08. The number of hydrogen-bond donors (Lipinski definition) is 2. The number of nitrogens with zero attached hydrogens (tertiary/aromatic N) is 1. The monoisotopic (exact) mass is 561 g/mol. The fourth-order valence-electron chi connectivity index (χ4n) is 4.69. The molecular weight excluding hydrogens is 530 g/mol. The van der Waals surface area contributed by atoms with Crippen LogP contribution in [0, 0.1) is 0 Å². The van der Waals surface area contributed by atoms with Gasteiger partial charge in [0.2, 0.25) is 0 Å². The fraction of sp³-hybridized carbons (Fsp3) is 0.462. The Morgan fingerprint density at radius 1 is 1.21 bits per heavy atom. The molecule has 0 spiro atoms. The molecule has 0 radical (unpaired) electrons. The number of rotatable bonds is 8. The van der Waals surface area contributed by atoms with Gasteiger partial charge in [0, 0.05) is 43.1 Å². The molecule has 2 amide bonds. The standard InChI is InChI=1S/C26H31N3O9S/c1-14(30)37-12-16-13-39(34,35)24-21(36-5)23(32)29(24)20(16)22(31)28-19(25(33)38-26(2,3)4)10-15-11-27-18-9-7-6-8-17(15)18/h6-9,11,19,21,24,27H,10,12-13H2,1-5H3,(H,28,31)/t19-,21-,24+/m0/s1. The maximum absolute atomic E-state index is 13.7. The van der Waals surface area contributed by atoms with Crippen LogP contribution in [0.4, 0.5) is 0 Å². The van der Waals surface area contributed by atoms with Crippen molar-refractivity contribution in [2.45, 2.75) is 57.2 Å². The summed E-state index contributed by atoms with van der Waals surface area (Å²) in [5.41, 5.74) is 0.340. The molecule has 39 heavy (non-hydrogen) atoms. The first-order valence-electron chi connectivity index (χ1n) is 12.2. The van der Waals surface area contributed by atoms with Crippen LogP contribution in [0.1, 0.15) is 33.3 Å². The third kappa shape index (κ3) is 5.69. The number of para-hydroxylation sites is 1. The largest absolute Gasteiger partial charge is 0.461 e. The van der Waals surface area contributed by atoms with Crippen LogP contribution in [-0.4, -0.2) is 84.6 Å². The summed E-state index contributed by atoms with van der Waals surface area (Å²) in [6, 6.07) is 6.25. The van der Waals surface area contributed by atoms with Gasteiger partial charge in [0.05, 0.1) is 5.75 Å². The predicted octanol–water partition coefficient (Wildman–Crippen LogP) is 0.966. The Hall–Kier alpha value is -3.71. The molecule has 0 bridgehead atoms. The number of carbonyl (C=O) groups excluding carboxylic acids is 4. The minimum atomic E-state index is -3.96. The molecule has 2 aliphatic heterocycles. The number of amides is 2. The lowest BCUT2D eigenvalue weighted by Crippen LogP contribution is -2.71. The number of H-pyrrole nitrogens is 1. The molecule has 12 nitrogen and oxygen atoms in total. The summed E-state index contributed by atoms with van der Waals surface area (Å²) in [6.45, 7) is 5.68. The number of ether oxygens (including phenoxy) is 3. The molecule has 1 aromatic carbocycles. The second-order valence-electron chi connectivity index (χ2n) is 10.4. The van der Waals surface area contributed by atoms with E-state index in [0.717, 1.165) is 28.3 Å². The van der Waals surface area contributed by atoms with Gasteiger partial charge in [-0.15, -0.1) is 0 Å². The van der Waals surface area contributed by atoms with E-state index in [1.165, 1.54) is 7.11 Å². The quantitative estimate of drug-likeness (QED) is 0.353. The van der Waals surface area contributed by atoms with E-state index in [1.54, 1.807) is 27.0 Å². The van der Waals surface area contributed by atoms with Gasteiger partial charge in [-0.3, -0.25) is 19.3 Å². The molecule has 2 N–H and O–H groups in total. The molecule has 1 fully saturated rings. The zero-order valence-corrected chi connectivity index (χ0v) is 23.1. The third-order valence-corrected chi connectivity index (χ3v) is 8.27. The first-order chi connectivity index (χ1) is 18.2. The van der Waals surface area contributed by atoms with Gasteiger partial charge < -0.3 is 24.5 Å². The van der Waals surface area contributed by atoms with Crippen molar-refractivity contribution in [1.82, 2.24) is 15.2 Å². The molecule has 1 aromatic heterocycles. The number of esters is 2. The van der Waals surface area contributed by atoms with Gasteiger partial charge >= 0.3 is 11.9 Å². The Morgan fingerprint density at radius 3 is 2.54 bits per heavy atom. The first kappa shape index (κ1) is 28.3. The number of aromatic amines is 1. The van der Waals surface area contributed by atoms with Crippen molar-refractivity contribution in [3.63, 3.8) is 0 Å². The Balaban J connectivity index is 1.71. The topological polar surface area (TPSA) is 161 Å². The molecule has 13 heteroatoms. The van der Waals surface area contributed by atoms with Gasteiger partial charge in [-0.1, -0.05) is 18.2 Å². The Bertz CT molecular complexity index is 1470. The molecule has 2 aromatic rings. The Morgan fingerprint density at radius 2 is 1.90 bits per heavy atom. The van der Waals surface area contributed by atoms with Gasteiger partial charge in [-0.25, -0.2) is 13.2 Å². The maximum Gasteiger partial charge on any atom is 0.329 e. The van der Waals surface area contributed by atoms with E-state index in [1.807, 2.05) is 24.3 Å². The predicted molar refractivity (Wildman–Crippen MR) is 139 cm³/mol. The van der Waals surface area contributed by atoms with E-state index in [4.69, 9.17) is 14.2 Å². The highest BCUT2D eigenvalue weighted by molar-refractivity contribution is 7.92. The number of carbonyl (C=O) groups is 4. The maximum atomic E-state index is 13.7. The number of β-lactam (4-membered cyclic amide) rings is 1. The van der Waals surface area contributed by atoms with E-state index in [-0.39, 0.29) is 17.7 Å². The minimum absolute atomic E-state index is 0.0492. The Kier molecular flexibility index (Phi) is 7.59. The zero-order valence-electron chi connectivity index (χ0n) is 22.3. The highest BCUT2D eigenvalue weighted by Crippen LogP contribution is 2.38. The van der Waals surface area contributed by atoms with E-state index in [0.29, 0.717) is 0 Å².